The maximum Gasteiger partial charge on any atom is 0.298 e. The van der Waals surface area contributed by atoms with Gasteiger partial charge in [-0.1, -0.05) is 35.3 Å². The Bertz CT molecular complexity index is 1030. The number of quaternary nitrogens is 1. The Morgan fingerprint density at radius 2 is 1.85 bits per heavy atom. The second-order valence-electron chi connectivity index (χ2n) is 5.50. The molecular formula is C17H12Cl2N4O4. The molecule has 2 unspecified atom stereocenters. The average Bonchev–Trinajstić information content (AvgIpc) is 2.64. The van der Waals surface area contributed by atoms with Crippen molar-refractivity contribution in [3.8, 4) is 0 Å². The molecule has 0 aliphatic carbocycles. The van der Waals surface area contributed by atoms with Crippen LogP contribution in [0.2, 0.25) is 10.0 Å². The number of aromatic nitrogens is 2. The summed E-state index contributed by atoms with van der Waals surface area (Å²) in [6.07, 6.45) is 1.17. The van der Waals surface area contributed by atoms with Crippen LogP contribution < -0.4 is 10.5 Å². The predicted octanol–water partition coefficient (Wildman–Crippen LogP) is 1.96. The van der Waals surface area contributed by atoms with Crippen LogP contribution in [0.5, 0.6) is 0 Å². The van der Waals surface area contributed by atoms with E-state index in [9.17, 15) is 20.0 Å². The van der Waals surface area contributed by atoms with Gasteiger partial charge in [-0.25, -0.2) is 15.4 Å². The first kappa shape index (κ1) is 19.2. The van der Waals surface area contributed by atoms with E-state index in [1.54, 1.807) is 24.3 Å². The zero-order chi connectivity index (χ0) is 19.6. The first-order valence-corrected chi connectivity index (χ1v) is 8.37. The summed E-state index contributed by atoms with van der Waals surface area (Å²) < 4.78 is 0. The van der Waals surface area contributed by atoms with Crippen molar-refractivity contribution in [2.24, 2.45) is 0 Å². The molecule has 0 fully saturated rings. The Labute approximate surface area is 162 Å². The van der Waals surface area contributed by atoms with Gasteiger partial charge in [-0.15, -0.1) is 0 Å². The van der Waals surface area contributed by atoms with Crippen molar-refractivity contribution in [2.75, 3.05) is 5.32 Å². The first-order chi connectivity index (χ1) is 12.9. The van der Waals surface area contributed by atoms with Crippen LogP contribution in [-0.2, 0) is 9.59 Å². The van der Waals surface area contributed by atoms with Crippen molar-refractivity contribution < 1.29 is 20.0 Å². The van der Waals surface area contributed by atoms with Crippen LogP contribution in [0.25, 0.3) is 11.0 Å². The molecule has 0 spiro atoms. The Morgan fingerprint density at radius 1 is 1.15 bits per heavy atom. The predicted molar refractivity (Wildman–Crippen MR) is 98.5 cm³/mol. The van der Waals surface area contributed by atoms with E-state index in [0.717, 1.165) is 0 Å². The highest BCUT2D eigenvalue weighted by molar-refractivity contribution is 6.43. The smallest absolute Gasteiger partial charge is 0.298 e. The molecule has 0 bridgehead atoms. The summed E-state index contributed by atoms with van der Waals surface area (Å²) in [4.78, 5) is 33.0. The zero-order valence-electron chi connectivity index (χ0n) is 13.5. The second-order valence-corrected chi connectivity index (χ2v) is 6.34. The Morgan fingerprint density at radius 3 is 2.56 bits per heavy atom. The molecule has 2 atom stereocenters. The molecule has 0 saturated carbocycles. The maximum absolute atomic E-state index is 12.5. The molecule has 3 rings (SSSR count). The summed E-state index contributed by atoms with van der Waals surface area (Å²) >= 11 is 11.8. The van der Waals surface area contributed by atoms with Gasteiger partial charge >= 0.3 is 0 Å². The fraction of sp³-hybridized carbons (Fsp3) is 0.0588. The van der Waals surface area contributed by atoms with Crippen molar-refractivity contribution in [3.63, 3.8) is 0 Å². The number of fused-ring (bicyclic) bond motifs is 1. The number of halogens is 2. The molecular weight excluding hydrogens is 395 g/mol. The first-order valence-electron chi connectivity index (χ1n) is 7.61. The minimum Gasteiger partial charge on any atom is -0.599 e. The van der Waals surface area contributed by atoms with Crippen LogP contribution in [0, 0.1) is 5.21 Å². The van der Waals surface area contributed by atoms with Crippen LogP contribution in [0.4, 0.5) is 5.69 Å². The van der Waals surface area contributed by atoms with E-state index in [1.807, 2.05) is 0 Å². The number of anilines is 1. The molecule has 27 heavy (non-hydrogen) atoms. The SMILES string of the molecule is O=C(Nc1cc(Cl)ccc1Cl)C(=O)C(c1cnc2ccccc2n1)[NH+]([O-])O. The van der Waals surface area contributed by atoms with Crippen molar-refractivity contribution in [1.82, 2.24) is 9.97 Å². The summed E-state index contributed by atoms with van der Waals surface area (Å²) in [6, 6.07) is 9.25. The molecule has 138 valence electrons. The lowest BCUT2D eigenvalue weighted by Crippen LogP contribution is -3.06. The van der Waals surface area contributed by atoms with Crippen LogP contribution in [0.1, 0.15) is 11.7 Å². The van der Waals surface area contributed by atoms with Gasteiger partial charge in [-0.05, 0) is 30.3 Å². The summed E-state index contributed by atoms with van der Waals surface area (Å²) in [6.45, 7) is 0. The number of nitrogens with zero attached hydrogens (tertiary/aromatic N) is 2. The van der Waals surface area contributed by atoms with E-state index in [-0.39, 0.29) is 21.4 Å². The number of amides is 1. The van der Waals surface area contributed by atoms with Crippen molar-refractivity contribution >= 4 is 51.6 Å². The minimum absolute atomic E-state index is 0.0938. The van der Waals surface area contributed by atoms with Crippen molar-refractivity contribution in [2.45, 2.75) is 6.04 Å². The molecule has 0 aliphatic rings. The van der Waals surface area contributed by atoms with Gasteiger partial charge in [0, 0.05) is 5.02 Å². The third-order valence-electron chi connectivity index (χ3n) is 3.67. The molecule has 3 N–H and O–H groups in total. The largest absolute Gasteiger partial charge is 0.599 e. The number of Topliss-reactive ketones (excluding diaryl/α,β-unsaturated/α-hetero) is 1. The van der Waals surface area contributed by atoms with Crippen molar-refractivity contribution in [3.05, 3.63) is 69.6 Å². The standard InChI is InChI=1S/C17H12Cl2N4O4/c18-9-5-6-10(19)13(7-9)22-17(25)16(24)15(23(26)27)14-8-20-11-3-1-2-4-12(11)21-14/h1-8,15,23,26H,(H,22,25). The number of hydrogen-bond acceptors (Lipinski definition) is 6. The van der Waals surface area contributed by atoms with Crippen LogP contribution in [-0.4, -0.2) is 26.9 Å². The monoisotopic (exact) mass is 406 g/mol. The third-order valence-corrected chi connectivity index (χ3v) is 4.24. The lowest BCUT2D eigenvalue weighted by Gasteiger charge is -2.22. The Kier molecular flexibility index (Phi) is 5.64. The van der Waals surface area contributed by atoms with Gasteiger partial charge in [-0.2, -0.15) is 0 Å². The number of rotatable bonds is 5. The molecule has 8 nitrogen and oxygen atoms in total. The number of ketones is 1. The highest BCUT2D eigenvalue weighted by Crippen LogP contribution is 2.25. The zero-order valence-corrected chi connectivity index (χ0v) is 15.0. The summed E-state index contributed by atoms with van der Waals surface area (Å²) in [5.74, 6) is -2.36. The molecule has 2 aromatic carbocycles. The van der Waals surface area contributed by atoms with Crippen LogP contribution >= 0.6 is 23.2 Å². The highest BCUT2D eigenvalue weighted by atomic mass is 35.5. The number of benzene rings is 2. The summed E-state index contributed by atoms with van der Waals surface area (Å²) in [5.41, 5.74) is 0.898. The molecule has 0 saturated heterocycles. The molecule has 3 aromatic rings. The lowest BCUT2D eigenvalue weighted by molar-refractivity contribution is -1.06. The molecule has 0 aliphatic heterocycles. The van der Waals surface area contributed by atoms with E-state index in [0.29, 0.717) is 11.0 Å². The van der Waals surface area contributed by atoms with Gasteiger partial charge in [-0.3, -0.25) is 14.6 Å². The minimum atomic E-state index is -1.81. The van der Waals surface area contributed by atoms with Crippen LogP contribution in [0.15, 0.2) is 48.7 Å². The van der Waals surface area contributed by atoms with Gasteiger partial charge in [0.15, 0.2) is 0 Å². The number of carbonyl (C=O) groups is 2. The Balaban J connectivity index is 1.90. The number of para-hydroxylation sites is 2. The number of carbonyl (C=O) groups excluding carboxylic acids is 2. The van der Waals surface area contributed by atoms with E-state index in [4.69, 9.17) is 23.2 Å². The van der Waals surface area contributed by atoms with Gasteiger partial charge < -0.3 is 10.5 Å². The fourth-order valence-corrected chi connectivity index (χ4v) is 2.73. The van der Waals surface area contributed by atoms with E-state index >= 15 is 0 Å². The number of hydrogen-bond donors (Lipinski definition) is 3. The normalized spacial score (nSPS) is 13.2. The topological polar surface area (TPSA) is 120 Å². The second kappa shape index (κ2) is 7.95. The number of nitrogens with one attached hydrogen (secondary N) is 2. The Hall–Kier alpha value is -2.62. The molecule has 1 heterocycles. The lowest BCUT2D eigenvalue weighted by atomic mass is 10.1. The van der Waals surface area contributed by atoms with E-state index in [1.165, 1.54) is 24.4 Å². The highest BCUT2D eigenvalue weighted by Gasteiger charge is 2.34. The number of hydroxylamine groups is 2. The fourth-order valence-electron chi connectivity index (χ4n) is 2.39. The van der Waals surface area contributed by atoms with E-state index in [2.05, 4.69) is 15.3 Å². The van der Waals surface area contributed by atoms with Crippen LogP contribution in [0.3, 0.4) is 0 Å². The maximum atomic E-state index is 12.5. The van der Waals surface area contributed by atoms with E-state index < -0.39 is 23.0 Å². The summed E-state index contributed by atoms with van der Waals surface area (Å²) in [7, 11) is 0. The average molecular weight is 407 g/mol. The molecule has 10 heteroatoms. The van der Waals surface area contributed by atoms with Gasteiger partial charge in [0.1, 0.15) is 5.69 Å². The molecule has 0 radical (unpaired) electrons. The molecule has 1 amide bonds. The third kappa shape index (κ3) is 4.21. The quantitative estimate of drug-likeness (QED) is 0.440. The van der Waals surface area contributed by atoms with Gasteiger partial charge in [0.2, 0.25) is 6.04 Å². The molecule has 1 aromatic heterocycles. The summed E-state index contributed by atoms with van der Waals surface area (Å²) in [5, 5.41) is 22.3. The van der Waals surface area contributed by atoms with Crippen molar-refractivity contribution in [1.29, 1.82) is 0 Å². The van der Waals surface area contributed by atoms with Gasteiger partial charge in [0.05, 0.1) is 27.9 Å². The van der Waals surface area contributed by atoms with Gasteiger partial charge in [0.25, 0.3) is 11.7 Å².